The number of nitrogens with two attached hydrogens (primary N) is 1. The molecule has 1 aliphatic rings. The predicted molar refractivity (Wildman–Crippen MR) is 84.6 cm³/mol. The van der Waals surface area contributed by atoms with Crippen LogP contribution in [0.3, 0.4) is 0 Å². The Morgan fingerprint density at radius 3 is 2.88 bits per heavy atom. The predicted octanol–water partition coefficient (Wildman–Crippen LogP) is 2.01. The van der Waals surface area contributed by atoms with Crippen LogP contribution in [-0.2, 0) is 16.0 Å². The van der Waals surface area contributed by atoms with E-state index >= 15 is 0 Å². The molecular weight excluding hydrogens is 346 g/mol. The quantitative estimate of drug-likeness (QED) is 0.806. The van der Waals surface area contributed by atoms with Gasteiger partial charge in [-0.2, -0.15) is 5.26 Å². The zero-order valence-electron chi connectivity index (χ0n) is 13.7. The molecule has 0 unspecified atom stereocenters. The molecule has 1 atom stereocenters. The molecule has 3 N–H and O–H groups in total. The molecule has 0 spiro atoms. The SMILES string of the molecule is CCOC(=O)Cc1[nH]nc2c1[C@@H](c1ccc(F)c(F)c1)C(C#N)=C(N)O2. The van der Waals surface area contributed by atoms with Crippen molar-refractivity contribution in [1.29, 1.82) is 5.26 Å². The highest BCUT2D eigenvalue weighted by Crippen LogP contribution is 2.43. The van der Waals surface area contributed by atoms with Crippen molar-refractivity contribution in [2.24, 2.45) is 5.73 Å². The number of rotatable bonds is 4. The van der Waals surface area contributed by atoms with Gasteiger partial charge in [-0.1, -0.05) is 6.07 Å². The summed E-state index contributed by atoms with van der Waals surface area (Å²) in [5.74, 6) is -3.58. The van der Waals surface area contributed by atoms with Crippen LogP contribution < -0.4 is 10.5 Å². The third-order valence-electron chi connectivity index (χ3n) is 3.92. The number of nitrogens with zero attached hydrogens (tertiary/aromatic N) is 2. The number of hydrogen-bond donors (Lipinski definition) is 2. The molecule has 2 aromatic rings. The molecule has 1 aromatic heterocycles. The summed E-state index contributed by atoms with van der Waals surface area (Å²) in [7, 11) is 0. The number of aromatic amines is 1. The summed E-state index contributed by atoms with van der Waals surface area (Å²) in [6.07, 6.45) is -0.154. The van der Waals surface area contributed by atoms with Gasteiger partial charge in [0.2, 0.25) is 11.8 Å². The Morgan fingerprint density at radius 1 is 1.46 bits per heavy atom. The first-order valence-corrected chi connectivity index (χ1v) is 7.71. The van der Waals surface area contributed by atoms with E-state index in [9.17, 15) is 18.8 Å². The Bertz CT molecular complexity index is 946. The minimum atomic E-state index is -1.07. The summed E-state index contributed by atoms with van der Waals surface area (Å²) in [5.41, 5.74) is 6.76. The lowest BCUT2D eigenvalue weighted by Gasteiger charge is -2.24. The molecule has 134 valence electrons. The molecule has 0 radical (unpaired) electrons. The number of carbonyl (C=O) groups is 1. The number of ether oxygens (including phenoxy) is 2. The first-order valence-electron chi connectivity index (χ1n) is 7.71. The van der Waals surface area contributed by atoms with Gasteiger partial charge in [0.05, 0.1) is 30.2 Å². The van der Waals surface area contributed by atoms with Crippen LogP contribution in [0.15, 0.2) is 29.7 Å². The van der Waals surface area contributed by atoms with Crippen LogP contribution in [-0.4, -0.2) is 22.8 Å². The monoisotopic (exact) mass is 360 g/mol. The van der Waals surface area contributed by atoms with Gasteiger partial charge in [0.15, 0.2) is 11.6 Å². The molecule has 0 saturated heterocycles. The van der Waals surface area contributed by atoms with Crippen LogP contribution in [0, 0.1) is 23.0 Å². The van der Waals surface area contributed by atoms with Gasteiger partial charge in [-0.3, -0.25) is 9.89 Å². The Balaban J connectivity index is 2.13. The topological polar surface area (TPSA) is 114 Å². The van der Waals surface area contributed by atoms with Gasteiger partial charge < -0.3 is 15.2 Å². The van der Waals surface area contributed by atoms with E-state index in [1.54, 1.807) is 6.92 Å². The van der Waals surface area contributed by atoms with Gasteiger partial charge >= 0.3 is 5.97 Å². The molecule has 1 aromatic carbocycles. The van der Waals surface area contributed by atoms with Crippen molar-refractivity contribution in [3.8, 4) is 11.9 Å². The summed E-state index contributed by atoms with van der Waals surface area (Å²) in [6, 6.07) is 5.19. The van der Waals surface area contributed by atoms with Crippen LogP contribution >= 0.6 is 0 Å². The largest absolute Gasteiger partial charge is 0.466 e. The lowest BCUT2D eigenvalue weighted by Crippen LogP contribution is -2.22. The number of H-pyrrole nitrogens is 1. The van der Waals surface area contributed by atoms with Crippen LogP contribution in [0.2, 0.25) is 0 Å². The van der Waals surface area contributed by atoms with E-state index in [0.29, 0.717) is 11.3 Å². The van der Waals surface area contributed by atoms with Crippen molar-refractivity contribution in [3.63, 3.8) is 0 Å². The standard InChI is InChI=1S/C17H14F2N4O3/c1-2-25-13(24)6-12-15-14(8-3-4-10(18)11(19)5-8)9(7-20)16(21)26-17(15)23-22-12/h3-5,14H,2,6,21H2,1H3,(H,22,23)/t14-/m0/s1. The third kappa shape index (κ3) is 2.97. The highest BCUT2D eigenvalue weighted by Gasteiger charge is 2.36. The third-order valence-corrected chi connectivity index (χ3v) is 3.92. The number of benzene rings is 1. The number of nitriles is 1. The van der Waals surface area contributed by atoms with Gasteiger partial charge in [-0.15, -0.1) is 5.10 Å². The Kier molecular flexibility index (Phi) is 4.58. The van der Waals surface area contributed by atoms with Gasteiger partial charge in [-0.05, 0) is 24.6 Å². The molecule has 0 amide bonds. The normalized spacial score (nSPS) is 15.8. The van der Waals surface area contributed by atoms with Gasteiger partial charge in [0.1, 0.15) is 11.6 Å². The number of halogens is 2. The fourth-order valence-corrected chi connectivity index (χ4v) is 2.83. The fraction of sp³-hybridized carbons (Fsp3) is 0.235. The molecule has 0 aliphatic carbocycles. The lowest BCUT2D eigenvalue weighted by molar-refractivity contribution is -0.142. The molecule has 0 bridgehead atoms. The number of fused-ring (bicyclic) bond motifs is 1. The maximum Gasteiger partial charge on any atom is 0.311 e. The lowest BCUT2D eigenvalue weighted by atomic mass is 9.83. The number of allylic oxidation sites excluding steroid dienone is 1. The fourth-order valence-electron chi connectivity index (χ4n) is 2.83. The molecule has 2 heterocycles. The molecule has 7 nitrogen and oxygen atoms in total. The van der Waals surface area contributed by atoms with E-state index in [1.165, 1.54) is 6.07 Å². The van der Waals surface area contributed by atoms with E-state index in [-0.39, 0.29) is 35.9 Å². The molecule has 3 rings (SSSR count). The van der Waals surface area contributed by atoms with Crippen LogP contribution in [0.1, 0.15) is 29.7 Å². The minimum absolute atomic E-state index is 0.00928. The van der Waals surface area contributed by atoms with E-state index in [4.69, 9.17) is 15.2 Å². The van der Waals surface area contributed by atoms with Crippen LogP contribution in [0.4, 0.5) is 8.78 Å². The Hall–Kier alpha value is -3.41. The van der Waals surface area contributed by atoms with Crippen molar-refractivity contribution in [3.05, 3.63) is 58.1 Å². The van der Waals surface area contributed by atoms with E-state index in [2.05, 4.69) is 10.2 Å². The van der Waals surface area contributed by atoms with Gasteiger partial charge in [0.25, 0.3) is 0 Å². The van der Waals surface area contributed by atoms with Crippen molar-refractivity contribution >= 4 is 5.97 Å². The zero-order valence-corrected chi connectivity index (χ0v) is 13.7. The van der Waals surface area contributed by atoms with E-state index in [0.717, 1.165) is 12.1 Å². The molecule has 0 fully saturated rings. The number of aromatic nitrogens is 2. The van der Waals surface area contributed by atoms with Crippen LogP contribution in [0.5, 0.6) is 5.88 Å². The number of nitrogens with one attached hydrogen (secondary N) is 1. The van der Waals surface area contributed by atoms with Gasteiger partial charge in [0, 0.05) is 0 Å². The second-order valence-electron chi connectivity index (χ2n) is 5.50. The average molecular weight is 360 g/mol. The Labute approximate surface area is 147 Å². The summed E-state index contributed by atoms with van der Waals surface area (Å²) in [5, 5.41) is 16.1. The Morgan fingerprint density at radius 2 is 2.23 bits per heavy atom. The van der Waals surface area contributed by atoms with E-state index < -0.39 is 23.5 Å². The van der Waals surface area contributed by atoms with Gasteiger partial charge in [-0.25, -0.2) is 8.78 Å². The first-order chi connectivity index (χ1) is 12.5. The molecule has 26 heavy (non-hydrogen) atoms. The maximum atomic E-state index is 13.7. The first kappa shape index (κ1) is 17.4. The maximum absolute atomic E-state index is 13.7. The summed E-state index contributed by atoms with van der Waals surface area (Å²) < 4.78 is 37.3. The highest BCUT2D eigenvalue weighted by atomic mass is 19.2. The molecule has 1 aliphatic heterocycles. The van der Waals surface area contributed by atoms with E-state index in [1.807, 2.05) is 6.07 Å². The number of esters is 1. The smallest absolute Gasteiger partial charge is 0.311 e. The minimum Gasteiger partial charge on any atom is -0.466 e. The molecule has 0 saturated carbocycles. The van der Waals surface area contributed by atoms with Crippen molar-refractivity contribution in [1.82, 2.24) is 10.2 Å². The average Bonchev–Trinajstić information content (AvgIpc) is 2.98. The molecule has 9 heteroatoms. The zero-order chi connectivity index (χ0) is 18.8. The second kappa shape index (κ2) is 6.84. The second-order valence-corrected chi connectivity index (χ2v) is 5.50. The molecular formula is C17H14F2N4O3. The summed E-state index contributed by atoms with van der Waals surface area (Å²) in [4.78, 5) is 11.8. The number of hydrogen-bond acceptors (Lipinski definition) is 6. The summed E-state index contributed by atoms with van der Waals surface area (Å²) in [6.45, 7) is 1.87. The van der Waals surface area contributed by atoms with Crippen molar-refractivity contribution in [2.45, 2.75) is 19.3 Å². The van der Waals surface area contributed by atoms with Crippen molar-refractivity contribution in [2.75, 3.05) is 6.61 Å². The van der Waals surface area contributed by atoms with Crippen molar-refractivity contribution < 1.29 is 23.0 Å². The van der Waals surface area contributed by atoms with Crippen LogP contribution in [0.25, 0.3) is 0 Å². The number of carbonyl (C=O) groups excluding carboxylic acids is 1. The summed E-state index contributed by atoms with van der Waals surface area (Å²) >= 11 is 0. The highest BCUT2D eigenvalue weighted by molar-refractivity contribution is 5.73.